The van der Waals surface area contributed by atoms with Crippen LogP contribution in [0.3, 0.4) is 0 Å². The van der Waals surface area contributed by atoms with Gasteiger partial charge in [0.2, 0.25) is 0 Å². The molecule has 0 saturated heterocycles. The predicted molar refractivity (Wildman–Crippen MR) is 251 cm³/mol. The monoisotopic (exact) mass is 861 g/mol. The van der Waals surface area contributed by atoms with E-state index in [9.17, 15) is 0 Å². The third-order valence-corrected chi connectivity index (χ3v) is 13.2. The zero-order chi connectivity index (χ0) is 43.6. The molecule has 4 aliphatic rings. The van der Waals surface area contributed by atoms with Crippen molar-refractivity contribution >= 4 is 34.1 Å². The number of hydrogen-bond donors (Lipinski definition) is 0. The third-order valence-electron chi connectivity index (χ3n) is 13.2. The summed E-state index contributed by atoms with van der Waals surface area (Å²) >= 11 is 0. The Hall–Kier alpha value is -8.64. The highest BCUT2D eigenvalue weighted by Crippen LogP contribution is 2.63. The first-order valence-corrected chi connectivity index (χ1v) is 22.1. The lowest BCUT2D eigenvalue weighted by atomic mass is 9.61. The van der Waals surface area contributed by atoms with E-state index in [0.29, 0.717) is 17.5 Å². The van der Waals surface area contributed by atoms with Gasteiger partial charge in [-0.3, -0.25) is 0 Å². The van der Waals surface area contributed by atoms with Crippen LogP contribution in [0.2, 0.25) is 0 Å². The van der Waals surface area contributed by atoms with E-state index in [1.807, 2.05) is 128 Å². The van der Waals surface area contributed by atoms with E-state index in [2.05, 4.69) is 87.5 Å². The third kappa shape index (κ3) is 5.98. The molecule has 12 heteroatoms. The first kappa shape index (κ1) is 37.9. The lowest BCUT2D eigenvalue weighted by Gasteiger charge is -2.60. The van der Waals surface area contributed by atoms with Crippen LogP contribution >= 0.6 is 0 Å². The molecule has 1 fully saturated rings. The van der Waals surface area contributed by atoms with E-state index < -0.39 is 35.9 Å². The Morgan fingerprint density at radius 1 is 0.258 bits per heavy atom. The number of anilines is 6. The van der Waals surface area contributed by atoms with E-state index in [4.69, 9.17) is 44.1 Å². The summed E-state index contributed by atoms with van der Waals surface area (Å²) < 4.78 is 20.4. The Kier molecular flexibility index (Phi) is 8.93. The van der Waals surface area contributed by atoms with Gasteiger partial charge in [-0.15, -0.1) is 0 Å². The smallest absolute Gasteiger partial charge is 0.151 e. The number of nitrogens with zero attached hydrogens (tertiary/aromatic N) is 9. The van der Waals surface area contributed by atoms with Gasteiger partial charge in [-0.2, -0.15) is 0 Å². The zero-order valence-electron chi connectivity index (χ0n) is 35.3. The number of aromatic nitrogens is 6. The van der Waals surface area contributed by atoms with Gasteiger partial charge >= 0.3 is 0 Å². The summed E-state index contributed by atoms with van der Waals surface area (Å²) in [5.41, 5.74) is 5.37. The van der Waals surface area contributed by atoms with Crippen molar-refractivity contribution in [3.8, 4) is 34.5 Å². The highest BCUT2D eigenvalue weighted by Gasteiger charge is 2.62. The molecule has 66 heavy (non-hydrogen) atoms. The number of ether oxygens (including phenoxy) is 3. The van der Waals surface area contributed by atoms with E-state index in [0.717, 1.165) is 68.6 Å². The molecule has 4 unspecified atom stereocenters. The number of para-hydroxylation sites is 12. The minimum Gasteiger partial charge on any atom is -0.453 e. The molecule has 1 saturated carbocycles. The Morgan fingerprint density at radius 3 is 0.758 bits per heavy atom. The second-order valence-electron chi connectivity index (χ2n) is 16.6. The van der Waals surface area contributed by atoms with Crippen molar-refractivity contribution in [1.29, 1.82) is 0 Å². The molecule has 6 heterocycles. The molecule has 0 bridgehead atoms. The van der Waals surface area contributed by atoms with Crippen molar-refractivity contribution in [2.45, 2.75) is 35.9 Å². The lowest BCUT2D eigenvalue weighted by Crippen LogP contribution is -2.68. The molecule has 12 nitrogen and oxygen atoms in total. The second kappa shape index (κ2) is 15.6. The van der Waals surface area contributed by atoms with Gasteiger partial charge in [-0.05, 0) is 91.0 Å². The summed E-state index contributed by atoms with van der Waals surface area (Å²) in [5.74, 6) is 4.65. The minimum absolute atomic E-state index is 0.529. The van der Waals surface area contributed by atoms with Crippen molar-refractivity contribution in [2.24, 2.45) is 0 Å². The molecule has 4 atom stereocenters. The molecule has 3 aromatic heterocycles. The van der Waals surface area contributed by atoms with Crippen molar-refractivity contribution in [3.05, 3.63) is 218 Å². The Bertz CT molecular complexity index is 2950. The van der Waals surface area contributed by atoms with E-state index in [-0.39, 0.29) is 0 Å². The Balaban J connectivity index is 1.23. The van der Waals surface area contributed by atoms with Crippen molar-refractivity contribution in [3.63, 3.8) is 0 Å². The average molecular weight is 862 g/mol. The summed E-state index contributed by atoms with van der Waals surface area (Å²) in [4.78, 5) is 38.5. The van der Waals surface area contributed by atoms with Crippen LogP contribution in [0.25, 0.3) is 0 Å². The molecule has 0 spiro atoms. The van der Waals surface area contributed by atoms with Crippen LogP contribution in [0.5, 0.6) is 34.5 Å². The predicted octanol–water partition coefficient (Wildman–Crippen LogP) is 11.7. The van der Waals surface area contributed by atoms with Gasteiger partial charge in [-0.1, -0.05) is 72.8 Å². The molecule has 6 aromatic carbocycles. The fraction of sp³-hybridized carbons (Fsp3) is 0.111. The van der Waals surface area contributed by atoms with Crippen LogP contribution in [0, 0.1) is 0 Å². The topological polar surface area (TPSA) is 115 Å². The van der Waals surface area contributed by atoms with Gasteiger partial charge in [0.25, 0.3) is 0 Å². The molecule has 13 rings (SSSR count). The van der Waals surface area contributed by atoms with Gasteiger partial charge in [0.05, 0.1) is 64.1 Å². The summed E-state index contributed by atoms with van der Waals surface area (Å²) in [7, 11) is 0. The lowest BCUT2D eigenvalue weighted by molar-refractivity contribution is 0.208. The second-order valence-corrected chi connectivity index (χ2v) is 16.6. The molecule has 3 aliphatic heterocycles. The van der Waals surface area contributed by atoms with Crippen LogP contribution in [-0.2, 0) is 0 Å². The van der Waals surface area contributed by atoms with Crippen LogP contribution in [0.4, 0.5) is 34.1 Å². The molecule has 0 N–H and O–H groups in total. The maximum absolute atomic E-state index is 6.82. The average Bonchev–Trinajstić information content (AvgIpc) is 3.39. The first-order chi connectivity index (χ1) is 32.8. The SMILES string of the molecule is c1cnc(C2C(c3ncccn3)C(N3c4ccccc4Oc4ccccc43)C(N3c4ccccc4Oc4ccccc43)C(N3c4ccccc4Oc4ccccc43)C2c2ncccn2)nc1. The maximum Gasteiger partial charge on any atom is 0.151 e. The minimum atomic E-state index is -0.531. The van der Waals surface area contributed by atoms with Crippen LogP contribution in [-0.4, -0.2) is 48.0 Å². The standard InChI is InChI=1S/C54H39N9O3/c1-7-22-40-34(16-1)61(35-17-2-8-23-41(35)64-40)49-47(53-57-30-14-31-58-53)46(52-55-28-13-29-56-52)48(54-59-32-15-33-60-54)50(62-36-18-3-9-24-42(36)65-43-25-10-4-19-37(43)62)51(49)63-38-20-5-11-26-44(38)66-45-27-12-6-21-39(45)63/h1-33,46-51H. The van der Waals surface area contributed by atoms with Gasteiger partial charge < -0.3 is 28.9 Å². The molecule has 0 amide bonds. The largest absolute Gasteiger partial charge is 0.453 e. The van der Waals surface area contributed by atoms with Crippen molar-refractivity contribution < 1.29 is 14.2 Å². The summed E-state index contributed by atoms with van der Waals surface area (Å²) in [6.07, 6.45) is 10.9. The first-order valence-electron chi connectivity index (χ1n) is 22.1. The maximum atomic E-state index is 6.82. The van der Waals surface area contributed by atoms with Gasteiger partial charge in [0, 0.05) is 43.1 Å². The van der Waals surface area contributed by atoms with Gasteiger partial charge in [0.1, 0.15) is 17.5 Å². The van der Waals surface area contributed by atoms with E-state index in [1.165, 1.54) is 0 Å². The summed E-state index contributed by atoms with van der Waals surface area (Å²) in [6, 6.07) is 53.6. The normalized spacial score (nSPS) is 21.0. The molecular weight excluding hydrogens is 823 g/mol. The highest BCUT2D eigenvalue weighted by molar-refractivity contribution is 5.85. The Morgan fingerprint density at radius 2 is 0.485 bits per heavy atom. The number of rotatable bonds is 6. The fourth-order valence-corrected chi connectivity index (χ4v) is 10.8. The van der Waals surface area contributed by atoms with E-state index in [1.54, 1.807) is 0 Å². The number of fused-ring (bicyclic) bond motifs is 6. The van der Waals surface area contributed by atoms with Crippen molar-refractivity contribution in [1.82, 2.24) is 29.9 Å². The van der Waals surface area contributed by atoms with Gasteiger partial charge in [-0.25, -0.2) is 29.9 Å². The molecule has 9 aromatic rings. The van der Waals surface area contributed by atoms with Crippen LogP contribution in [0.15, 0.2) is 201 Å². The molecule has 318 valence electrons. The quantitative estimate of drug-likeness (QED) is 0.158. The summed E-state index contributed by atoms with van der Waals surface area (Å²) in [5, 5.41) is 0. The Labute approximate surface area is 380 Å². The zero-order valence-corrected chi connectivity index (χ0v) is 35.3. The van der Waals surface area contributed by atoms with Crippen molar-refractivity contribution in [2.75, 3.05) is 14.7 Å². The van der Waals surface area contributed by atoms with Crippen LogP contribution in [0.1, 0.15) is 35.2 Å². The highest BCUT2D eigenvalue weighted by atomic mass is 16.5. The molecule has 1 aliphatic carbocycles. The van der Waals surface area contributed by atoms with Gasteiger partial charge in [0.15, 0.2) is 34.5 Å². The fourth-order valence-electron chi connectivity index (χ4n) is 10.8. The van der Waals surface area contributed by atoms with Crippen LogP contribution < -0.4 is 28.9 Å². The summed E-state index contributed by atoms with van der Waals surface area (Å²) in [6.45, 7) is 0. The molecule has 0 radical (unpaired) electrons. The number of benzene rings is 6. The van der Waals surface area contributed by atoms with E-state index >= 15 is 0 Å². The molecular formula is C54H39N9O3. The number of hydrogen-bond acceptors (Lipinski definition) is 12.